The number of rotatable bonds is 4. The minimum absolute atomic E-state index is 0.263. The van der Waals surface area contributed by atoms with Gasteiger partial charge in [0.25, 0.3) is 10.0 Å². The first-order valence-electron chi connectivity index (χ1n) is 7.47. The van der Waals surface area contributed by atoms with Crippen LogP contribution in [0.3, 0.4) is 0 Å². The van der Waals surface area contributed by atoms with Gasteiger partial charge in [0.15, 0.2) is 0 Å². The van der Waals surface area contributed by atoms with Crippen molar-refractivity contribution in [2.45, 2.75) is 18.0 Å². The molecule has 0 aliphatic carbocycles. The largest absolute Gasteiger partial charge is 0.416 e. The molecule has 1 heterocycles. The van der Waals surface area contributed by atoms with Crippen molar-refractivity contribution in [3.05, 3.63) is 72.1 Å². The summed E-state index contributed by atoms with van der Waals surface area (Å²) in [5.41, 5.74) is 0.752. The fraction of sp³-hybridized carbons (Fsp3) is 0.118. The van der Waals surface area contributed by atoms with Crippen LogP contribution in [0.4, 0.5) is 18.9 Å². The number of aromatic nitrogens is 2. The number of halogens is 3. The molecule has 0 fully saturated rings. The van der Waals surface area contributed by atoms with Gasteiger partial charge in [-0.25, -0.2) is 13.1 Å². The summed E-state index contributed by atoms with van der Waals surface area (Å²) in [6, 6.07) is 10.1. The molecule has 1 N–H and O–H groups in total. The van der Waals surface area contributed by atoms with E-state index in [9.17, 15) is 21.6 Å². The molecule has 0 saturated heterocycles. The van der Waals surface area contributed by atoms with Crippen LogP contribution in [0.2, 0.25) is 0 Å². The minimum Gasteiger partial charge on any atom is -0.277 e. The Balaban J connectivity index is 1.96. The number of nitrogens with zero attached hydrogens (tertiary/aromatic N) is 2. The number of aryl methyl sites for hydroxylation is 1. The fourth-order valence-electron chi connectivity index (χ4n) is 2.36. The molecule has 3 aromatic rings. The molecule has 26 heavy (non-hydrogen) atoms. The van der Waals surface area contributed by atoms with Crippen molar-refractivity contribution in [3.8, 4) is 5.69 Å². The van der Waals surface area contributed by atoms with Crippen LogP contribution in [0.25, 0.3) is 5.69 Å². The molecule has 1 aromatic heterocycles. The van der Waals surface area contributed by atoms with Crippen LogP contribution in [-0.4, -0.2) is 18.2 Å². The number of hydrogen-bond donors (Lipinski definition) is 1. The first-order chi connectivity index (χ1) is 12.2. The summed E-state index contributed by atoms with van der Waals surface area (Å²) in [6.45, 7) is 1.85. The molecule has 2 aromatic carbocycles. The van der Waals surface area contributed by atoms with E-state index >= 15 is 0 Å². The van der Waals surface area contributed by atoms with Crippen molar-refractivity contribution >= 4 is 15.7 Å². The number of nitrogens with one attached hydrogen (secondary N) is 1. The van der Waals surface area contributed by atoms with Crippen molar-refractivity contribution in [1.29, 1.82) is 0 Å². The van der Waals surface area contributed by atoms with Gasteiger partial charge in [0, 0.05) is 12.4 Å². The number of sulfonamides is 1. The molecule has 0 aliphatic heterocycles. The number of benzene rings is 2. The van der Waals surface area contributed by atoms with Crippen molar-refractivity contribution in [2.75, 3.05) is 4.72 Å². The van der Waals surface area contributed by atoms with E-state index in [0.29, 0.717) is 5.69 Å². The summed E-state index contributed by atoms with van der Waals surface area (Å²) >= 11 is 0. The maximum Gasteiger partial charge on any atom is 0.416 e. The smallest absolute Gasteiger partial charge is 0.277 e. The quantitative estimate of drug-likeness (QED) is 0.743. The third kappa shape index (κ3) is 3.72. The van der Waals surface area contributed by atoms with Gasteiger partial charge < -0.3 is 0 Å². The first-order valence-corrected chi connectivity index (χ1v) is 8.96. The zero-order valence-corrected chi connectivity index (χ0v) is 14.3. The summed E-state index contributed by atoms with van der Waals surface area (Å²) in [5.74, 6) is 0. The number of hydrogen-bond acceptors (Lipinski definition) is 3. The molecule has 0 bridgehead atoms. The number of alkyl halides is 3. The van der Waals surface area contributed by atoms with E-state index < -0.39 is 21.8 Å². The lowest BCUT2D eigenvalue weighted by Gasteiger charge is -2.14. The van der Waals surface area contributed by atoms with Crippen LogP contribution in [0, 0.1) is 6.92 Å². The summed E-state index contributed by atoms with van der Waals surface area (Å²) in [5, 5.41) is 4.09. The van der Waals surface area contributed by atoms with E-state index in [2.05, 4.69) is 9.82 Å². The standard InChI is InChI=1S/C17H14F3N3O2S/c1-12-3-8-15(16(11-12)23-10-2-9-21-23)22-26(24,25)14-6-4-13(5-7-14)17(18,19)20/h2-11,22H,1H3. The van der Waals surface area contributed by atoms with Crippen molar-refractivity contribution in [2.24, 2.45) is 0 Å². The van der Waals surface area contributed by atoms with Crippen LogP contribution in [0.1, 0.15) is 11.1 Å². The second kappa shape index (κ2) is 6.49. The zero-order chi connectivity index (χ0) is 18.9. The van der Waals surface area contributed by atoms with Gasteiger partial charge in [0.05, 0.1) is 21.8 Å². The summed E-state index contributed by atoms with van der Waals surface area (Å²) in [4.78, 5) is -0.266. The Morgan fingerprint density at radius 2 is 1.77 bits per heavy atom. The molecule has 5 nitrogen and oxygen atoms in total. The highest BCUT2D eigenvalue weighted by Gasteiger charge is 2.30. The Bertz CT molecular complexity index is 1010. The normalized spacial score (nSPS) is 12.2. The van der Waals surface area contributed by atoms with Crippen molar-refractivity contribution in [1.82, 2.24) is 9.78 Å². The van der Waals surface area contributed by atoms with Gasteiger partial charge >= 0.3 is 6.18 Å². The third-order valence-corrected chi connectivity index (χ3v) is 5.02. The highest BCUT2D eigenvalue weighted by molar-refractivity contribution is 7.92. The van der Waals surface area contributed by atoms with E-state index in [0.717, 1.165) is 29.8 Å². The van der Waals surface area contributed by atoms with Crippen LogP contribution in [-0.2, 0) is 16.2 Å². The lowest BCUT2D eigenvalue weighted by molar-refractivity contribution is -0.137. The van der Waals surface area contributed by atoms with Gasteiger partial charge in [-0.05, 0) is 55.0 Å². The monoisotopic (exact) mass is 381 g/mol. The summed E-state index contributed by atoms with van der Waals surface area (Å²) in [6.07, 6.45) is -1.32. The Morgan fingerprint density at radius 1 is 1.08 bits per heavy atom. The Kier molecular flexibility index (Phi) is 4.49. The Labute approximate surface area is 148 Å². The highest BCUT2D eigenvalue weighted by atomic mass is 32.2. The second-order valence-corrected chi connectivity index (χ2v) is 7.28. The van der Waals surface area contributed by atoms with Gasteiger partial charge in [-0.3, -0.25) is 4.72 Å². The van der Waals surface area contributed by atoms with Crippen LogP contribution < -0.4 is 4.72 Å². The SMILES string of the molecule is Cc1ccc(NS(=O)(=O)c2ccc(C(F)(F)F)cc2)c(-n2cccn2)c1. The molecule has 0 aliphatic rings. The average molecular weight is 381 g/mol. The third-order valence-electron chi connectivity index (χ3n) is 3.64. The first kappa shape index (κ1) is 18.0. The molecule has 0 atom stereocenters. The minimum atomic E-state index is -4.53. The van der Waals surface area contributed by atoms with Gasteiger partial charge in [-0.1, -0.05) is 6.07 Å². The van der Waals surface area contributed by atoms with E-state index in [4.69, 9.17) is 0 Å². The summed E-state index contributed by atoms with van der Waals surface area (Å²) < 4.78 is 66.9. The van der Waals surface area contributed by atoms with E-state index in [1.165, 1.54) is 4.68 Å². The topological polar surface area (TPSA) is 64.0 Å². The van der Waals surface area contributed by atoms with Gasteiger partial charge in [0.1, 0.15) is 0 Å². The van der Waals surface area contributed by atoms with Gasteiger partial charge in [-0.2, -0.15) is 18.3 Å². The lowest BCUT2D eigenvalue weighted by atomic mass is 10.2. The molecular formula is C17H14F3N3O2S. The molecule has 0 radical (unpaired) electrons. The predicted octanol–water partition coefficient (Wildman–Crippen LogP) is 4.00. The van der Waals surface area contributed by atoms with Crippen LogP contribution in [0.5, 0.6) is 0 Å². The molecule has 0 saturated carbocycles. The predicted molar refractivity (Wildman–Crippen MR) is 90.6 cm³/mol. The maximum atomic E-state index is 12.6. The zero-order valence-electron chi connectivity index (χ0n) is 13.5. The van der Waals surface area contributed by atoms with Crippen molar-refractivity contribution < 1.29 is 21.6 Å². The summed E-state index contributed by atoms with van der Waals surface area (Å²) in [7, 11) is -4.06. The van der Waals surface area contributed by atoms with E-state index in [1.54, 1.807) is 36.7 Å². The maximum absolute atomic E-state index is 12.6. The van der Waals surface area contributed by atoms with Crippen molar-refractivity contribution in [3.63, 3.8) is 0 Å². The molecular weight excluding hydrogens is 367 g/mol. The highest BCUT2D eigenvalue weighted by Crippen LogP contribution is 2.30. The Hall–Kier alpha value is -2.81. The molecule has 0 unspecified atom stereocenters. The van der Waals surface area contributed by atoms with E-state index in [1.807, 2.05) is 6.92 Å². The lowest BCUT2D eigenvalue weighted by Crippen LogP contribution is -2.15. The van der Waals surface area contributed by atoms with Gasteiger partial charge in [0.2, 0.25) is 0 Å². The van der Waals surface area contributed by atoms with Gasteiger partial charge in [-0.15, -0.1) is 0 Å². The average Bonchev–Trinajstić information content (AvgIpc) is 3.10. The van der Waals surface area contributed by atoms with E-state index in [-0.39, 0.29) is 10.6 Å². The number of anilines is 1. The molecule has 0 amide bonds. The second-order valence-electron chi connectivity index (χ2n) is 5.60. The Morgan fingerprint density at radius 3 is 2.35 bits per heavy atom. The van der Waals surface area contributed by atoms with Crippen LogP contribution >= 0.6 is 0 Å². The molecule has 3 rings (SSSR count). The van der Waals surface area contributed by atoms with Crippen LogP contribution in [0.15, 0.2) is 65.8 Å². The molecule has 9 heteroatoms. The fourth-order valence-corrected chi connectivity index (χ4v) is 3.43. The molecule has 0 spiro atoms. The molecule has 136 valence electrons.